The molecule has 3 rings (SSSR count). The number of fused-ring (bicyclic) bond motifs is 1. The number of rotatable bonds is 1. The summed E-state index contributed by atoms with van der Waals surface area (Å²) < 4.78 is 18.3. The maximum atomic E-state index is 12.9. The molecule has 0 aliphatic carbocycles. The number of benzene rings is 2. The lowest BCUT2D eigenvalue weighted by atomic mass is 10.1. The smallest absolute Gasteiger partial charge is 0.200 e. The van der Waals surface area contributed by atoms with E-state index in [2.05, 4.69) is 0 Å². The lowest BCUT2D eigenvalue weighted by Crippen LogP contribution is -2.04. The Hall–Kier alpha value is -2.13. The van der Waals surface area contributed by atoms with E-state index in [1.807, 2.05) is 0 Å². The van der Waals surface area contributed by atoms with Gasteiger partial charge < -0.3 is 4.42 Å². The fourth-order valence-corrected chi connectivity index (χ4v) is 2.09. The van der Waals surface area contributed by atoms with E-state index in [4.69, 9.17) is 16.0 Å². The average Bonchev–Trinajstić information content (AvgIpc) is 2.40. The summed E-state index contributed by atoms with van der Waals surface area (Å²) in [6, 6.07) is 10.5. The Morgan fingerprint density at radius 2 is 1.79 bits per heavy atom. The molecule has 19 heavy (non-hydrogen) atoms. The van der Waals surface area contributed by atoms with Crippen molar-refractivity contribution in [2.75, 3.05) is 0 Å². The quantitative estimate of drug-likeness (QED) is 0.664. The fraction of sp³-hybridized carbons (Fsp3) is 0. The standard InChI is InChI=1S/C15H8ClFO2/c16-10-3-6-12-14(7-10)19-8-13(15(12)18)9-1-4-11(17)5-2-9/h1-8H. The normalized spacial score (nSPS) is 10.8. The van der Waals surface area contributed by atoms with Crippen molar-refractivity contribution in [3.8, 4) is 11.1 Å². The first-order valence-electron chi connectivity index (χ1n) is 5.62. The highest BCUT2D eigenvalue weighted by molar-refractivity contribution is 6.31. The summed E-state index contributed by atoms with van der Waals surface area (Å²) in [5.41, 5.74) is 1.29. The molecule has 4 heteroatoms. The molecule has 1 heterocycles. The summed E-state index contributed by atoms with van der Waals surface area (Å²) in [6.07, 6.45) is 1.37. The molecule has 0 amide bonds. The van der Waals surface area contributed by atoms with Gasteiger partial charge in [-0.25, -0.2) is 4.39 Å². The second kappa shape index (κ2) is 4.52. The molecule has 2 aromatic carbocycles. The molecule has 1 aromatic heterocycles. The zero-order chi connectivity index (χ0) is 13.4. The van der Waals surface area contributed by atoms with E-state index in [9.17, 15) is 9.18 Å². The number of hydrogen-bond acceptors (Lipinski definition) is 2. The van der Waals surface area contributed by atoms with Crippen LogP contribution in [0.2, 0.25) is 5.02 Å². The Morgan fingerprint density at radius 3 is 2.53 bits per heavy atom. The molecule has 0 atom stereocenters. The zero-order valence-corrected chi connectivity index (χ0v) is 10.4. The lowest BCUT2D eigenvalue weighted by Gasteiger charge is -2.03. The molecule has 0 aliphatic rings. The van der Waals surface area contributed by atoms with Gasteiger partial charge in [0.1, 0.15) is 17.7 Å². The lowest BCUT2D eigenvalue weighted by molar-refractivity contribution is 0.604. The molecule has 0 radical (unpaired) electrons. The molecular weight excluding hydrogens is 267 g/mol. The first-order valence-corrected chi connectivity index (χ1v) is 6.00. The van der Waals surface area contributed by atoms with Crippen molar-refractivity contribution in [3.05, 3.63) is 69.8 Å². The first kappa shape index (κ1) is 11.9. The predicted octanol–water partition coefficient (Wildman–Crippen LogP) is 4.25. The van der Waals surface area contributed by atoms with Crippen LogP contribution in [0.5, 0.6) is 0 Å². The van der Waals surface area contributed by atoms with E-state index in [1.165, 1.54) is 18.4 Å². The Morgan fingerprint density at radius 1 is 1.05 bits per heavy atom. The number of hydrogen-bond donors (Lipinski definition) is 0. The van der Waals surface area contributed by atoms with Crippen LogP contribution in [0.3, 0.4) is 0 Å². The fourth-order valence-electron chi connectivity index (χ4n) is 1.93. The molecule has 2 nitrogen and oxygen atoms in total. The summed E-state index contributed by atoms with van der Waals surface area (Å²) in [6.45, 7) is 0. The third-order valence-electron chi connectivity index (χ3n) is 2.89. The van der Waals surface area contributed by atoms with Crippen molar-refractivity contribution in [1.82, 2.24) is 0 Å². The summed E-state index contributed by atoms with van der Waals surface area (Å²) >= 11 is 5.84. The third-order valence-corrected chi connectivity index (χ3v) is 3.13. The van der Waals surface area contributed by atoms with Gasteiger partial charge in [-0.1, -0.05) is 23.7 Å². The van der Waals surface area contributed by atoms with Crippen LogP contribution < -0.4 is 5.43 Å². The van der Waals surface area contributed by atoms with Gasteiger partial charge in [0, 0.05) is 11.1 Å². The van der Waals surface area contributed by atoms with Gasteiger partial charge >= 0.3 is 0 Å². The van der Waals surface area contributed by atoms with E-state index >= 15 is 0 Å². The van der Waals surface area contributed by atoms with Gasteiger partial charge in [0.15, 0.2) is 5.43 Å². The monoisotopic (exact) mass is 274 g/mol. The Labute approximate surface area is 113 Å². The van der Waals surface area contributed by atoms with Gasteiger partial charge in [-0.2, -0.15) is 0 Å². The topological polar surface area (TPSA) is 30.2 Å². The second-order valence-corrected chi connectivity index (χ2v) is 4.56. The predicted molar refractivity (Wildman–Crippen MR) is 72.9 cm³/mol. The van der Waals surface area contributed by atoms with Crippen molar-refractivity contribution in [1.29, 1.82) is 0 Å². The maximum Gasteiger partial charge on any atom is 0.200 e. The number of halogens is 2. The third kappa shape index (κ3) is 2.13. The van der Waals surface area contributed by atoms with E-state index in [0.717, 1.165) is 0 Å². The second-order valence-electron chi connectivity index (χ2n) is 4.13. The van der Waals surface area contributed by atoms with Crippen LogP contribution in [0.4, 0.5) is 4.39 Å². The minimum absolute atomic E-state index is 0.162. The van der Waals surface area contributed by atoms with Gasteiger partial charge in [0.05, 0.1) is 10.9 Å². The molecule has 0 N–H and O–H groups in total. The maximum absolute atomic E-state index is 12.9. The van der Waals surface area contributed by atoms with Gasteiger partial charge in [0.2, 0.25) is 0 Å². The van der Waals surface area contributed by atoms with Gasteiger partial charge in [-0.15, -0.1) is 0 Å². The molecule has 0 saturated heterocycles. The molecule has 0 fully saturated rings. The molecule has 0 unspecified atom stereocenters. The SMILES string of the molecule is O=c1c(-c2ccc(F)cc2)coc2cc(Cl)ccc12. The Kier molecular flexibility index (Phi) is 2.84. The molecular formula is C15H8ClFO2. The van der Waals surface area contributed by atoms with Crippen LogP contribution in [0.1, 0.15) is 0 Å². The average molecular weight is 275 g/mol. The molecule has 94 valence electrons. The van der Waals surface area contributed by atoms with Crippen molar-refractivity contribution in [2.24, 2.45) is 0 Å². The molecule has 0 aliphatic heterocycles. The highest BCUT2D eigenvalue weighted by atomic mass is 35.5. The van der Waals surface area contributed by atoms with Crippen molar-refractivity contribution >= 4 is 22.6 Å². The molecule has 0 bridgehead atoms. The van der Waals surface area contributed by atoms with Crippen LogP contribution in [-0.4, -0.2) is 0 Å². The van der Waals surface area contributed by atoms with Crippen molar-refractivity contribution < 1.29 is 8.81 Å². The van der Waals surface area contributed by atoms with Gasteiger partial charge in [-0.3, -0.25) is 4.79 Å². The summed E-state index contributed by atoms with van der Waals surface area (Å²) in [5.74, 6) is -0.347. The molecule has 0 spiro atoms. The highest BCUT2D eigenvalue weighted by Crippen LogP contribution is 2.22. The van der Waals surface area contributed by atoms with E-state index in [0.29, 0.717) is 27.1 Å². The van der Waals surface area contributed by atoms with E-state index in [1.54, 1.807) is 30.3 Å². The first-order chi connectivity index (χ1) is 9.15. The van der Waals surface area contributed by atoms with Crippen LogP contribution in [0, 0.1) is 5.82 Å². The van der Waals surface area contributed by atoms with Crippen molar-refractivity contribution in [2.45, 2.75) is 0 Å². The van der Waals surface area contributed by atoms with Crippen LogP contribution in [-0.2, 0) is 0 Å². The van der Waals surface area contributed by atoms with Gasteiger partial charge in [0.25, 0.3) is 0 Å². The summed E-state index contributed by atoms with van der Waals surface area (Å²) in [4.78, 5) is 12.3. The summed E-state index contributed by atoms with van der Waals surface area (Å²) in [5, 5.41) is 0.955. The molecule has 3 aromatic rings. The van der Waals surface area contributed by atoms with E-state index < -0.39 is 0 Å². The van der Waals surface area contributed by atoms with Crippen LogP contribution in [0.25, 0.3) is 22.1 Å². The highest BCUT2D eigenvalue weighted by Gasteiger charge is 2.09. The van der Waals surface area contributed by atoms with Crippen molar-refractivity contribution in [3.63, 3.8) is 0 Å². The van der Waals surface area contributed by atoms with Crippen LogP contribution >= 0.6 is 11.6 Å². The van der Waals surface area contributed by atoms with Gasteiger partial charge in [-0.05, 0) is 29.8 Å². The zero-order valence-electron chi connectivity index (χ0n) is 9.69. The minimum atomic E-state index is -0.347. The minimum Gasteiger partial charge on any atom is -0.463 e. The Balaban J connectivity index is 2.26. The van der Waals surface area contributed by atoms with Crippen LogP contribution in [0.15, 0.2) is 57.9 Å². The van der Waals surface area contributed by atoms with E-state index in [-0.39, 0.29) is 11.2 Å². The largest absolute Gasteiger partial charge is 0.463 e. The molecule has 0 saturated carbocycles. The summed E-state index contributed by atoms with van der Waals surface area (Å²) in [7, 11) is 0. The Bertz CT molecular complexity index is 806.